The molecule has 10 nitrogen and oxygen atoms in total. The van der Waals surface area contributed by atoms with E-state index in [-0.39, 0.29) is 29.7 Å². The molecule has 3 atom stereocenters. The minimum absolute atomic E-state index is 0. The number of carboxylic acid groups (broad SMARTS) is 1. The predicted molar refractivity (Wildman–Crippen MR) is 122 cm³/mol. The fraction of sp³-hybridized carbons (Fsp3) is 0.500. The van der Waals surface area contributed by atoms with E-state index in [0.29, 0.717) is 12.0 Å². The first-order valence-electron chi connectivity index (χ1n) is 9.67. The molecule has 2 aliphatic heterocycles. The Bertz CT molecular complexity index is 1030. The molecular formula is C18H21ClF3N5O5S2. The van der Waals surface area contributed by atoms with Crippen LogP contribution in [-0.4, -0.2) is 67.4 Å². The molecule has 1 fully saturated rings. The van der Waals surface area contributed by atoms with E-state index in [0.717, 1.165) is 23.1 Å². The Morgan fingerprint density at radius 2 is 2.09 bits per heavy atom. The number of fused-ring (bicyclic) bond motifs is 1. The largest absolute Gasteiger partial charge is 0.480 e. The van der Waals surface area contributed by atoms with Gasteiger partial charge in [-0.1, -0.05) is 19.0 Å². The van der Waals surface area contributed by atoms with Crippen molar-refractivity contribution in [1.82, 2.24) is 15.2 Å². The van der Waals surface area contributed by atoms with Gasteiger partial charge in [0.05, 0.1) is 0 Å². The smallest absolute Gasteiger partial charge is 0.425 e. The number of hydrogen-bond donors (Lipinski definition) is 3. The molecule has 16 heteroatoms. The van der Waals surface area contributed by atoms with E-state index in [1.807, 2.05) is 0 Å². The van der Waals surface area contributed by atoms with Crippen molar-refractivity contribution in [3.05, 3.63) is 22.8 Å². The van der Waals surface area contributed by atoms with Gasteiger partial charge in [0, 0.05) is 11.6 Å². The topological polar surface area (TPSA) is 147 Å². The lowest BCUT2D eigenvalue weighted by Crippen LogP contribution is -2.71. The molecule has 3 rings (SSSR count). The number of nitrogen functional groups attached to an aromatic ring is 1. The van der Waals surface area contributed by atoms with E-state index in [1.54, 1.807) is 13.8 Å². The number of β-lactam (4-membered cyclic amide) rings is 1. The highest BCUT2D eigenvalue weighted by atomic mass is 35.5. The normalized spacial score (nSPS) is 24.4. The fourth-order valence-electron chi connectivity index (χ4n) is 3.44. The summed E-state index contributed by atoms with van der Waals surface area (Å²) in [5, 5.41) is 16.2. The van der Waals surface area contributed by atoms with E-state index >= 15 is 0 Å². The molecule has 0 spiro atoms. The van der Waals surface area contributed by atoms with Gasteiger partial charge in [0.1, 0.15) is 21.9 Å². The summed E-state index contributed by atoms with van der Waals surface area (Å²) in [7, 11) is 0. The van der Waals surface area contributed by atoms with Crippen LogP contribution in [0.4, 0.5) is 18.3 Å². The number of alkyl halides is 3. The quantitative estimate of drug-likeness (QED) is 0.257. The van der Waals surface area contributed by atoms with Crippen LogP contribution in [-0.2, 0) is 19.2 Å². The third-order valence-corrected chi connectivity index (χ3v) is 7.63. The van der Waals surface area contributed by atoms with Crippen molar-refractivity contribution in [1.29, 1.82) is 0 Å². The third-order valence-electron chi connectivity index (χ3n) is 5.09. The molecule has 2 unspecified atom stereocenters. The van der Waals surface area contributed by atoms with Crippen LogP contribution in [0.5, 0.6) is 0 Å². The summed E-state index contributed by atoms with van der Waals surface area (Å²) in [4.78, 5) is 46.9. The molecule has 0 aliphatic carbocycles. The van der Waals surface area contributed by atoms with E-state index in [9.17, 15) is 32.7 Å². The Labute approximate surface area is 206 Å². The number of rotatable bonds is 8. The van der Waals surface area contributed by atoms with E-state index < -0.39 is 52.4 Å². The number of halogens is 4. The highest BCUT2D eigenvalue weighted by Crippen LogP contribution is 2.50. The number of hydrogen-bond acceptors (Lipinski definition) is 9. The van der Waals surface area contributed by atoms with Crippen molar-refractivity contribution in [2.75, 3.05) is 12.3 Å². The number of carbonyl (C=O) groups is 3. The molecule has 0 bridgehead atoms. The number of aliphatic carboxylic acids is 1. The Hall–Kier alpha value is -2.52. The van der Waals surface area contributed by atoms with Crippen LogP contribution in [0.2, 0.25) is 0 Å². The first kappa shape index (κ1) is 27.7. The minimum atomic E-state index is -4.68. The van der Waals surface area contributed by atoms with Crippen molar-refractivity contribution >= 4 is 64.1 Å². The van der Waals surface area contributed by atoms with Gasteiger partial charge in [-0.25, -0.2) is 4.98 Å². The van der Waals surface area contributed by atoms with Crippen LogP contribution < -0.4 is 11.1 Å². The number of carbonyl (C=O) groups excluding carboxylic acids is 2. The number of nitrogens with two attached hydrogens (primary N) is 1. The van der Waals surface area contributed by atoms with Crippen LogP contribution >= 0.6 is 35.5 Å². The van der Waals surface area contributed by atoms with Crippen LogP contribution in [0.1, 0.15) is 32.4 Å². The van der Waals surface area contributed by atoms with E-state index in [1.165, 1.54) is 16.5 Å². The summed E-state index contributed by atoms with van der Waals surface area (Å²) in [6.07, 6.45) is -2.52. The number of nitrogens with one attached hydrogen (secondary N) is 1. The molecule has 188 valence electrons. The van der Waals surface area contributed by atoms with Gasteiger partial charge in [-0.3, -0.25) is 14.4 Å². The maximum Gasteiger partial charge on any atom is 0.425 e. The van der Waals surface area contributed by atoms with Crippen LogP contribution in [0, 0.1) is 0 Å². The van der Waals surface area contributed by atoms with E-state index in [4.69, 9.17) is 5.73 Å². The zero-order valence-electron chi connectivity index (χ0n) is 17.8. The van der Waals surface area contributed by atoms with Crippen molar-refractivity contribution in [3.63, 3.8) is 0 Å². The minimum Gasteiger partial charge on any atom is -0.480 e. The third kappa shape index (κ3) is 5.25. The summed E-state index contributed by atoms with van der Waals surface area (Å²) >= 11 is 1.96. The lowest BCUT2D eigenvalue weighted by Gasteiger charge is -2.52. The number of oxime groups is 1. The average molecular weight is 544 g/mol. The molecule has 0 radical (unpaired) electrons. The number of aromatic nitrogens is 1. The number of nitrogens with zero attached hydrogens (tertiary/aromatic N) is 3. The maximum atomic E-state index is 12.8. The molecule has 1 aromatic heterocycles. The molecule has 34 heavy (non-hydrogen) atoms. The summed E-state index contributed by atoms with van der Waals surface area (Å²) in [6, 6.07) is -1.12. The van der Waals surface area contributed by atoms with Gasteiger partial charge in [0.25, 0.3) is 11.8 Å². The van der Waals surface area contributed by atoms with Crippen LogP contribution in [0.3, 0.4) is 0 Å². The second-order valence-corrected chi connectivity index (χ2v) is 9.40. The van der Waals surface area contributed by atoms with E-state index in [2.05, 4.69) is 20.3 Å². The van der Waals surface area contributed by atoms with Gasteiger partial charge >= 0.3 is 12.1 Å². The SMILES string of the molecule is CCC1=CN2C(=O)C(NC(=O)C(=NOCC(F)(F)F)c3csc(N)n3)[C@H]2SC1(CC)C(=O)O.Cl. The Morgan fingerprint density at radius 1 is 1.41 bits per heavy atom. The van der Waals surface area contributed by atoms with Gasteiger partial charge < -0.3 is 25.9 Å². The van der Waals surface area contributed by atoms with Crippen LogP contribution in [0.25, 0.3) is 0 Å². The molecule has 1 aromatic rings. The maximum absolute atomic E-state index is 12.8. The number of carboxylic acids is 1. The number of thiazole rings is 1. The molecular weight excluding hydrogens is 523 g/mol. The molecule has 2 aliphatic rings. The Morgan fingerprint density at radius 3 is 2.59 bits per heavy atom. The van der Waals surface area contributed by atoms with Crippen molar-refractivity contribution < 1.29 is 37.5 Å². The number of thioether (sulfide) groups is 1. The zero-order chi connectivity index (χ0) is 24.6. The lowest BCUT2D eigenvalue weighted by molar-refractivity contribution is -0.174. The summed E-state index contributed by atoms with van der Waals surface area (Å²) in [6.45, 7) is 1.76. The van der Waals surface area contributed by atoms with Gasteiger partial charge in [0.15, 0.2) is 10.8 Å². The second kappa shape index (κ2) is 10.4. The fourth-order valence-corrected chi connectivity index (χ4v) is 5.62. The molecule has 0 saturated carbocycles. The Balaban J connectivity index is 0.00000408. The monoisotopic (exact) mass is 543 g/mol. The number of amides is 2. The zero-order valence-corrected chi connectivity index (χ0v) is 20.2. The van der Waals surface area contributed by atoms with Crippen LogP contribution in [0.15, 0.2) is 22.3 Å². The lowest BCUT2D eigenvalue weighted by atomic mass is 9.92. The molecule has 4 N–H and O–H groups in total. The van der Waals surface area contributed by atoms with Crippen molar-refractivity contribution in [2.45, 2.75) is 49.0 Å². The highest BCUT2D eigenvalue weighted by Gasteiger charge is 2.57. The molecule has 2 amide bonds. The van der Waals surface area contributed by atoms with Gasteiger partial charge in [-0.05, 0) is 18.4 Å². The molecule has 3 heterocycles. The first-order valence-corrected chi connectivity index (χ1v) is 11.4. The average Bonchev–Trinajstić information content (AvgIpc) is 3.18. The van der Waals surface area contributed by atoms with Gasteiger partial charge in [-0.15, -0.1) is 35.5 Å². The second-order valence-electron chi connectivity index (χ2n) is 7.10. The van der Waals surface area contributed by atoms with Gasteiger partial charge in [-0.2, -0.15) is 13.2 Å². The Kier molecular flexibility index (Phi) is 8.48. The molecule has 0 aromatic carbocycles. The summed E-state index contributed by atoms with van der Waals surface area (Å²) in [5.41, 5.74) is 5.38. The number of anilines is 1. The standard InChI is InChI=1S/C18H20F3N5O5S2.ClH/c1-3-8-5-26-13(28)11(14(26)33-17(8,4-2)15(29)30)24-12(27)10(9-6-32-16(22)23-9)25-31-7-18(19,20)21;/h5-6,11,14H,3-4,7H2,1-2H3,(H2,22,23)(H,24,27)(H,29,30);1H/t11?,14-,17?;/m1./s1. The van der Waals surface area contributed by atoms with Crippen molar-refractivity contribution in [2.24, 2.45) is 5.16 Å². The summed E-state index contributed by atoms with van der Waals surface area (Å²) < 4.78 is 36.0. The molecule has 1 saturated heterocycles. The predicted octanol–water partition coefficient (Wildman–Crippen LogP) is 2.36. The van der Waals surface area contributed by atoms with Gasteiger partial charge in [0.2, 0.25) is 6.61 Å². The van der Waals surface area contributed by atoms with Crippen molar-refractivity contribution in [3.8, 4) is 0 Å². The highest BCUT2D eigenvalue weighted by molar-refractivity contribution is 8.02. The first-order chi connectivity index (χ1) is 15.4. The summed E-state index contributed by atoms with van der Waals surface area (Å²) in [5.74, 6) is -2.56.